The van der Waals surface area contributed by atoms with Gasteiger partial charge in [-0.2, -0.15) is 4.89 Å². The average Bonchev–Trinajstić information content (AvgIpc) is 3.77. The Kier molecular flexibility index (Phi) is 10.0. The van der Waals surface area contributed by atoms with Gasteiger partial charge in [0.1, 0.15) is 18.6 Å². The first-order valence-electron chi connectivity index (χ1n) is 13.6. The molecule has 4 unspecified atom stereocenters. The Bertz CT molecular complexity index is 1400. The molecule has 236 valence electrons. The van der Waals surface area contributed by atoms with Crippen LogP contribution in [0.15, 0.2) is 60.4 Å². The van der Waals surface area contributed by atoms with Gasteiger partial charge in [0.15, 0.2) is 22.8 Å². The molecular formula is C31H35NO12. The van der Waals surface area contributed by atoms with Gasteiger partial charge in [0.05, 0.1) is 40.5 Å². The van der Waals surface area contributed by atoms with Gasteiger partial charge in [-0.25, -0.2) is 9.59 Å². The number of ether oxygens (including phenoxy) is 6. The highest BCUT2D eigenvalue weighted by Crippen LogP contribution is 2.55. The fourth-order valence-electron chi connectivity index (χ4n) is 5.69. The van der Waals surface area contributed by atoms with E-state index in [2.05, 4.69) is 5.32 Å². The van der Waals surface area contributed by atoms with E-state index >= 15 is 0 Å². The molecule has 1 amide bonds. The molecule has 0 saturated carbocycles. The van der Waals surface area contributed by atoms with Crippen LogP contribution in [0.3, 0.4) is 0 Å². The number of alkyl carbamates (subject to hydrolysis) is 1. The number of carbonyl (C=O) groups excluding carboxylic acids is 2. The minimum atomic E-state index is -2.42. The van der Waals surface area contributed by atoms with Crippen LogP contribution < -0.4 is 24.3 Å². The van der Waals surface area contributed by atoms with Crippen molar-refractivity contribution in [2.24, 2.45) is 11.3 Å². The third-order valence-electron chi connectivity index (χ3n) is 7.79. The SMILES string of the molecule is COc1ccc(C(NC(=O)OC2C=CCO2)(C(=O)O)C(Cc2cc(OC)c(OC)c(OC)c2)(C2=CCOO2)C(C)C=O)cc1. The summed E-state index contributed by atoms with van der Waals surface area (Å²) in [7, 11) is 5.79. The molecule has 2 aromatic rings. The summed E-state index contributed by atoms with van der Waals surface area (Å²) in [6, 6.07) is 9.30. The zero-order chi connectivity index (χ0) is 31.9. The summed E-state index contributed by atoms with van der Waals surface area (Å²) in [6.07, 6.45) is 2.92. The van der Waals surface area contributed by atoms with Crippen molar-refractivity contribution in [3.63, 3.8) is 0 Å². The van der Waals surface area contributed by atoms with Crippen LogP contribution in [-0.2, 0) is 40.8 Å². The standard InChI is InChI=1S/C31H35NO12/c1-19(18-33)30(25-12-14-42-44-25,17-20-15-23(38-3)27(40-5)24(16-20)39-4)31(28(34)35,21-8-10-22(37-2)11-9-21)32-29(36)43-26-7-6-13-41-26/h6-12,15-16,18-19,26H,13-14,17H2,1-5H3,(H,32,36)(H,34,35). The second kappa shape index (κ2) is 13.7. The minimum Gasteiger partial charge on any atom is -0.497 e. The second-order valence-corrected chi connectivity index (χ2v) is 9.99. The summed E-state index contributed by atoms with van der Waals surface area (Å²) in [4.78, 5) is 51.1. The maximum absolute atomic E-state index is 13.9. The molecule has 0 aromatic heterocycles. The second-order valence-electron chi connectivity index (χ2n) is 9.99. The van der Waals surface area contributed by atoms with Gasteiger partial charge in [-0.1, -0.05) is 25.1 Å². The zero-order valence-corrected chi connectivity index (χ0v) is 25.0. The van der Waals surface area contributed by atoms with E-state index in [-0.39, 0.29) is 42.5 Å². The number of carboxylic acid groups (broad SMARTS) is 1. The molecular weight excluding hydrogens is 578 g/mol. The molecule has 13 nitrogen and oxygen atoms in total. The van der Waals surface area contributed by atoms with E-state index in [9.17, 15) is 19.5 Å². The van der Waals surface area contributed by atoms with Gasteiger partial charge in [-0.15, -0.1) is 0 Å². The average molecular weight is 614 g/mol. The van der Waals surface area contributed by atoms with Crippen LogP contribution >= 0.6 is 0 Å². The number of carboxylic acids is 1. The summed E-state index contributed by atoms with van der Waals surface area (Å²) in [5.41, 5.74) is -3.76. The Morgan fingerprint density at radius 3 is 2.20 bits per heavy atom. The van der Waals surface area contributed by atoms with Crippen molar-refractivity contribution in [3.8, 4) is 23.0 Å². The fraction of sp³-hybridized carbons (Fsp3) is 0.387. The van der Waals surface area contributed by atoms with Crippen LogP contribution in [0, 0.1) is 11.3 Å². The molecule has 0 radical (unpaired) electrons. The number of hydrogen-bond acceptors (Lipinski definition) is 11. The van der Waals surface area contributed by atoms with Crippen molar-refractivity contribution in [2.45, 2.75) is 25.2 Å². The van der Waals surface area contributed by atoms with Gasteiger partial charge in [0.25, 0.3) is 0 Å². The number of aldehydes is 1. The highest BCUT2D eigenvalue weighted by Gasteiger charge is 2.65. The molecule has 0 spiro atoms. The number of hydrogen-bond donors (Lipinski definition) is 2. The lowest BCUT2D eigenvalue weighted by atomic mass is 9.56. The third kappa shape index (κ3) is 5.75. The van der Waals surface area contributed by atoms with Gasteiger partial charge in [-0.3, -0.25) is 0 Å². The Balaban J connectivity index is 2.04. The smallest absolute Gasteiger partial charge is 0.410 e. The highest BCUT2D eigenvalue weighted by atomic mass is 17.2. The highest BCUT2D eigenvalue weighted by molar-refractivity contribution is 5.89. The maximum Gasteiger partial charge on any atom is 0.410 e. The number of methoxy groups -OCH3 is 4. The first-order chi connectivity index (χ1) is 21.2. The molecule has 0 saturated heterocycles. The lowest BCUT2D eigenvalue weighted by Crippen LogP contribution is -2.66. The quantitative estimate of drug-likeness (QED) is 0.182. The van der Waals surface area contributed by atoms with Crippen LogP contribution in [0.5, 0.6) is 23.0 Å². The molecule has 2 aliphatic rings. The van der Waals surface area contributed by atoms with Crippen LogP contribution in [-0.4, -0.2) is 71.4 Å². The maximum atomic E-state index is 13.9. The number of rotatable bonds is 14. The van der Waals surface area contributed by atoms with Crippen molar-refractivity contribution in [3.05, 3.63) is 71.5 Å². The fourth-order valence-corrected chi connectivity index (χ4v) is 5.69. The van der Waals surface area contributed by atoms with Crippen molar-refractivity contribution < 1.29 is 57.7 Å². The molecule has 0 aliphatic carbocycles. The summed E-state index contributed by atoms with van der Waals surface area (Å²) in [6.45, 7) is 1.71. The van der Waals surface area contributed by atoms with Gasteiger partial charge in [0, 0.05) is 5.92 Å². The van der Waals surface area contributed by atoms with E-state index in [1.165, 1.54) is 59.6 Å². The normalized spacial score (nSPS) is 18.9. The molecule has 0 fully saturated rings. The molecule has 13 heteroatoms. The van der Waals surface area contributed by atoms with Gasteiger partial charge >= 0.3 is 12.1 Å². The van der Waals surface area contributed by atoms with Crippen molar-refractivity contribution in [2.75, 3.05) is 41.7 Å². The van der Waals surface area contributed by atoms with Crippen LogP contribution in [0.1, 0.15) is 18.1 Å². The number of benzene rings is 2. The minimum absolute atomic E-state index is 0.00128. The topological polar surface area (TPSA) is 157 Å². The molecule has 44 heavy (non-hydrogen) atoms. The van der Waals surface area contributed by atoms with Crippen LogP contribution in [0.2, 0.25) is 0 Å². The lowest BCUT2D eigenvalue weighted by Gasteiger charge is -2.49. The molecule has 2 aliphatic heterocycles. The number of carbonyl (C=O) groups is 3. The largest absolute Gasteiger partial charge is 0.497 e. The van der Waals surface area contributed by atoms with Crippen molar-refractivity contribution >= 4 is 18.3 Å². The molecule has 0 bridgehead atoms. The van der Waals surface area contributed by atoms with Gasteiger partial charge in [0.2, 0.25) is 12.0 Å². The van der Waals surface area contributed by atoms with Crippen molar-refractivity contribution in [1.82, 2.24) is 5.32 Å². The molecule has 2 aromatic carbocycles. The summed E-state index contributed by atoms with van der Waals surface area (Å²) in [5, 5.41) is 13.9. The van der Waals surface area contributed by atoms with E-state index in [4.69, 9.17) is 38.2 Å². The first kappa shape index (κ1) is 32.2. The van der Waals surface area contributed by atoms with Crippen molar-refractivity contribution in [1.29, 1.82) is 0 Å². The Labute approximate surface area is 254 Å². The summed E-state index contributed by atoms with van der Waals surface area (Å²) < 4.78 is 32.6. The summed E-state index contributed by atoms with van der Waals surface area (Å²) in [5.74, 6) is -1.33. The Hall–Kier alpha value is -4.75. The van der Waals surface area contributed by atoms with E-state index < -0.39 is 35.2 Å². The van der Waals surface area contributed by atoms with Gasteiger partial charge < -0.3 is 48.5 Å². The molecule has 4 rings (SSSR count). The Morgan fingerprint density at radius 2 is 1.73 bits per heavy atom. The van der Waals surface area contributed by atoms with Crippen LogP contribution in [0.25, 0.3) is 0 Å². The molecule has 2 N–H and O–H groups in total. The third-order valence-corrected chi connectivity index (χ3v) is 7.79. The summed E-state index contributed by atoms with van der Waals surface area (Å²) >= 11 is 0. The predicted octanol–water partition coefficient (Wildman–Crippen LogP) is 3.55. The lowest BCUT2D eigenvalue weighted by molar-refractivity contribution is -0.253. The number of aliphatic carboxylic acids is 1. The van der Waals surface area contributed by atoms with E-state index in [1.807, 2.05) is 0 Å². The first-order valence-corrected chi connectivity index (χ1v) is 13.6. The van der Waals surface area contributed by atoms with Gasteiger partial charge in [-0.05, 0) is 54.0 Å². The van der Waals surface area contributed by atoms with E-state index in [0.717, 1.165) is 0 Å². The predicted molar refractivity (Wildman–Crippen MR) is 153 cm³/mol. The zero-order valence-electron chi connectivity index (χ0n) is 25.0. The van der Waals surface area contributed by atoms with E-state index in [0.29, 0.717) is 23.3 Å². The molecule has 4 atom stereocenters. The molecule has 2 heterocycles. The number of amides is 1. The monoisotopic (exact) mass is 613 g/mol. The van der Waals surface area contributed by atoms with E-state index in [1.54, 1.807) is 30.3 Å². The van der Waals surface area contributed by atoms with Crippen LogP contribution in [0.4, 0.5) is 4.79 Å². The Morgan fingerprint density at radius 1 is 1.05 bits per heavy atom. The number of nitrogens with one attached hydrogen (secondary N) is 1.